The smallest absolute Gasteiger partial charge is 0.371 e. The monoisotopic (exact) mass is 965 g/mol. The summed E-state index contributed by atoms with van der Waals surface area (Å²) in [5.41, 5.74) is 5.42. The third kappa shape index (κ3) is 7.99. The molecule has 0 atom stereocenters. The molecule has 0 saturated heterocycles. The first-order valence-electron chi connectivity index (χ1n) is 19.6. The minimum Gasteiger partial charge on any atom is -0.371 e. The van der Waals surface area contributed by atoms with Crippen molar-refractivity contribution in [1.82, 2.24) is 19.1 Å². The molecule has 2 aromatic heterocycles. The number of benzene rings is 4. The van der Waals surface area contributed by atoms with Gasteiger partial charge in [0, 0.05) is 91.4 Å². The molecule has 2 N–H and O–H groups in total. The second kappa shape index (κ2) is 16.3. The fourth-order valence-corrected chi connectivity index (χ4v) is 10.7. The molecule has 338 valence electrons. The van der Waals surface area contributed by atoms with Crippen LogP contribution in [0.3, 0.4) is 0 Å². The number of hydrogen-bond acceptors (Lipinski definition) is 14. The minimum absolute atomic E-state index is 0. The molecule has 0 spiro atoms. The molecule has 25 heteroatoms. The van der Waals surface area contributed by atoms with Crippen molar-refractivity contribution in [3.8, 4) is 0 Å². The van der Waals surface area contributed by atoms with Crippen LogP contribution in [0.2, 0.25) is 0 Å². The fraction of sp³-hybridized carbons (Fsp3) is 0.333. The first-order valence-corrected chi connectivity index (χ1v) is 22.5. The van der Waals surface area contributed by atoms with Gasteiger partial charge >= 0.3 is 6.18 Å². The van der Waals surface area contributed by atoms with Gasteiger partial charge in [-0.25, -0.2) is 9.97 Å². The maximum Gasteiger partial charge on any atom is 0.416 e. The number of anilines is 2. The number of rotatable bonds is 7. The molecule has 0 unspecified atom stereocenters. The number of imidazole rings is 2. The molecule has 4 aliphatic heterocycles. The Kier molecular flexibility index (Phi) is 11.4. The normalized spacial score (nSPS) is 15.8. The number of non-ortho nitro benzene ring substituents is 1. The number of alkyl halides is 3. The van der Waals surface area contributed by atoms with Crippen LogP contribution in [0.5, 0.6) is 0 Å². The molecule has 0 bridgehead atoms. The molecule has 6 aromatic rings. The van der Waals surface area contributed by atoms with E-state index in [0.29, 0.717) is 53.6 Å². The van der Waals surface area contributed by atoms with Gasteiger partial charge < -0.3 is 18.9 Å². The number of aromatic nitrogens is 4. The molecule has 0 fully saturated rings. The Morgan fingerprint density at radius 3 is 1.56 bits per heavy atom. The summed E-state index contributed by atoms with van der Waals surface area (Å²) < 4.78 is 111. The molecule has 0 radical (unpaired) electrons. The average molecular weight is 967 g/mol. The SMILES string of the molecule is Cn1c(N=Nc2cc3c4c(c2S(=O)(=O)O)CCN4CCC3)nc2ccc(C(F)(F)F)cc21.Cn1c(N=Nc2cc3c4c(c2S(=O)(=O)O)CCN4CCC3)nc2ccc([N+](=O)[O-])cc21.[Ni]. The third-order valence-corrected chi connectivity index (χ3v) is 13.6. The van der Waals surface area contributed by atoms with Gasteiger partial charge in [0.05, 0.1) is 32.6 Å². The van der Waals surface area contributed by atoms with Crippen molar-refractivity contribution in [2.24, 2.45) is 34.6 Å². The molecule has 6 heterocycles. The van der Waals surface area contributed by atoms with E-state index in [4.69, 9.17) is 0 Å². The van der Waals surface area contributed by atoms with Gasteiger partial charge in [0.1, 0.15) is 21.2 Å². The molecule has 10 rings (SSSR count). The summed E-state index contributed by atoms with van der Waals surface area (Å²) in [6, 6.07) is 10.7. The number of hydrogen-bond donors (Lipinski definition) is 2. The van der Waals surface area contributed by atoms with Gasteiger partial charge in [-0.15, -0.1) is 20.5 Å². The van der Waals surface area contributed by atoms with Crippen LogP contribution in [0, 0.1) is 10.1 Å². The van der Waals surface area contributed by atoms with Gasteiger partial charge in [0.15, 0.2) is 0 Å². The number of nitrogens with zero attached hydrogens (tertiary/aromatic N) is 11. The van der Waals surface area contributed by atoms with Gasteiger partial charge in [-0.1, -0.05) is 0 Å². The topological polar surface area (TPSA) is 243 Å². The molecule has 0 saturated carbocycles. The molecular formula is C39H36F3N11NiO8S2. The molecule has 0 aliphatic carbocycles. The van der Waals surface area contributed by atoms with Crippen molar-refractivity contribution < 1.29 is 60.5 Å². The Hall–Kier alpha value is -5.88. The van der Waals surface area contributed by atoms with Crippen LogP contribution in [0.1, 0.15) is 40.7 Å². The summed E-state index contributed by atoms with van der Waals surface area (Å²) in [7, 11) is -5.96. The van der Waals surface area contributed by atoms with E-state index in [-0.39, 0.29) is 60.8 Å². The zero-order chi connectivity index (χ0) is 44.7. The molecule has 64 heavy (non-hydrogen) atoms. The van der Waals surface area contributed by atoms with Crippen molar-refractivity contribution in [3.63, 3.8) is 0 Å². The standard InChI is InChI=1S/C20H18F3N5O3S.C19H18N6O5S.Ni/c1-27-16-10-12(20(21,22)23)4-5-14(16)24-19(27)26-25-15-9-11-3-2-7-28-8-6-13(17(11)28)18(15)32(29,30)31;1-23-16-10-12(25(26)27)4-5-14(16)20-19(23)22-21-15-9-11-3-2-7-24-8-6-13(17(11)24)18(15)31(28,29)30;/h4-5,9-10H,2-3,6-8H2,1H3,(H,29,30,31);4-5,9-10H,2-3,6-8H2,1H3,(H,28,29,30);. The van der Waals surface area contributed by atoms with E-state index in [2.05, 4.69) is 40.2 Å². The van der Waals surface area contributed by atoms with Gasteiger partial charge in [0.25, 0.3) is 25.9 Å². The van der Waals surface area contributed by atoms with E-state index < -0.39 is 36.9 Å². The van der Waals surface area contributed by atoms with Crippen molar-refractivity contribution in [2.45, 2.75) is 54.5 Å². The quantitative estimate of drug-likeness (QED) is 0.0508. The van der Waals surface area contributed by atoms with E-state index in [1.807, 2.05) is 0 Å². The van der Waals surface area contributed by atoms with E-state index in [1.54, 1.807) is 19.2 Å². The molecule has 19 nitrogen and oxygen atoms in total. The van der Waals surface area contributed by atoms with Gasteiger partial charge in [-0.2, -0.15) is 30.0 Å². The largest absolute Gasteiger partial charge is 0.416 e. The Bertz CT molecular complexity index is 3230. The summed E-state index contributed by atoms with van der Waals surface area (Å²) in [5.74, 6) is 0.170. The van der Waals surface area contributed by atoms with E-state index in [0.717, 1.165) is 73.4 Å². The van der Waals surface area contributed by atoms with Crippen molar-refractivity contribution in [3.05, 3.63) is 86.5 Å². The molecule has 4 aliphatic rings. The van der Waals surface area contributed by atoms with Crippen molar-refractivity contribution in [1.29, 1.82) is 0 Å². The van der Waals surface area contributed by atoms with Gasteiger partial charge in [-0.05, 0) is 86.1 Å². The Morgan fingerprint density at radius 1 is 0.672 bits per heavy atom. The second-order valence-electron chi connectivity index (χ2n) is 15.5. The number of aryl methyl sites for hydroxylation is 4. The maximum absolute atomic E-state index is 13.0. The number of nitro groups is 1. The predicted molar refractivity (Wildman–Crippen MR) is 222 cm³/mol. The predicted octanol–water partition coefficient (Wildman–Crippen LogP) is 8.01. The molecule has 0 amide bonds. The number of fused-ring (bicyclic) bond motifs is 2. The average Bonchev–Trinajstić information content (AvgIpc) is 4.00. The fourth-order valence-electron chi connectivity index (χ4n) is 8.96. The van der Waals surface area contributed by atoms with Crippen LogP contribution in [0.25, 0.3) is 22.1 Å². The van der Waals surface area contributed by atoms with Crippen LogP contribution in [-0.2, 0) is 82.7 Å². The maximum atomic E-state index is 13.0. The van der Waals surface area contributed by atoms with Crippen LogP contribution in [0.4, 0.5) is 53.5 Å². The number of azo groups is 2. The zero-order valence-corrected chi connectivity index (χ0v) is 36.3. The second-order valence-corrected chi connectivity index (χ2v) is 18.2. The zero-order valence-electron chi connectivity index (χ0n) is 33.7. The van der Waals surface area contributed by atoms with Crippen molar-refractivity contribution in [2.75, 3.05) is 36.0 Å². The van der Waals surface area contributed by atoms with E-state index >= 15 is 0 Å². The molecule has 4 aromatic carbocycles. The minimum atomic E-state index is -4.58. The Labute approximate surface area is 372 Å². The van der Waals surface area contributed by atoms with Crippen LogP contribution >= 0.6 is 0 Å². The van der Waals surface area contributed by atoms with Crippen LogP contribution < -0.4 is 9.80 Å². The van der Waals surface area contributed by atoms with Crippen LogP contribution in [-0.4, -0.2) is 76.1 Å². The first-order chi connectivity index (χ1) is 29.8. The first kappa shape index (κ1) is 44.7. The summed E-state index contributed by atoms with van der Waals surface area (Å²) >= 11 is 0. The van der Waals surface area contributed by atoms with E-state index in [9.17, 15) is 49.2 Å². The van der Waals surface area contributed by atoms with Gasteiger partial charge in [-0.3, -0.25) is 19.2 Å². The Balaban J connectivity index is 0.000000172. The summed E-state index contributed by atoms with van der Waals surface area (Å²) in [6.07, 6.45) is -0.102. The number of nitro benzene ring substituents is 1. The number of halogens is 3. The Morgan fingerprint density at radius 2 is 1.12 bits per heavy atom. The summed E-state index contributed by atoms with van der Waals surface area (Å²) in [6.45, 7) is 3.05. The third-order valence-electron chi connectivity index (χ3n) is 11.7. The van der Waals surface area contributed by atoms with E-state index in [1.165, 1.54) is 40.4 Å². The molecular weight excluding hydrogens is 930 g/mol. The van der Waals surface area contributed by atoms with Crippen molar-refractivity contribution >= 4 is 82.6 Å². The van der Waals surface area contributed by atoms with Crippen LogP contribution in [0.15, 0.2) is 78.8 Å². The summed E-state index contributed by atoms with van der Waals surface area (Å²) in [5, 5.41) is 27.4. The summed E-state index contributed by atoms with van der Waals surface area (Å²) in [4.78, 5) is 22.8. The van der Waals surface area contributed by atoms with Gasteiger partial charge in [0.2, 0.25) is 11.9 Å².